The van der Waals surface area contributed by atoms with Gasteiger partial charge in [-0.2, -0.15) is 0 Å². The number of amides is 1. The molecule has 5 nitrogen and oxygen atoms in total. The van der Waals surface area contributed by atoms with Gasteiger partial charge in [-0.15, -0.1) is 0 Å². The topological polar surface area (TPSA) is 68.0 Å². The lowest BCUT2D eigenvalue weighted by Crippen LogP contribution is -2.24. The number of aryl methyl sites for hydroxylation is 1. The van der Waals surface area contributed by atoms with Crippen molar-refractivity contribution in [2.75, 3.05) is 0 Å². The monoisotopic (exact) mass is 309 g/mol. The maximum absolute atomic E-state index is 12.5. The highest BCUT2D eigenvalue weighted by atomic mass is 16.5. The first-order chi connectivity index (χ1) is 11.1. The van der Waals surface area contributed by atoms with E-state index in [4.69, 9.17) is 4.52 Å². The van der Waals surface area contributed by atoms with Crippen molar-refractivity contribution >= 4 is 16.8 Å². The van der Waals surface area contributed by atoms with Crippen molar-refractivity contribution in [2.45, 2.75) is 33.2 Å². The van der Waals surface area contributed by atoms with Crippen molar-refractivity contribution in [1.82, 2.24) is 15.5 Å². The number of carbonyl (C=O) groups excluding carboxylic acids is 1. The highest BCUT2D eigenvalue weighted by Crippen LogP contribution is 2.22. The zero-order chi connectivity index (χ0) is 16.4. The van der Waals surface area contributed by atoms with E-state index in [1.807, 2.05) is 44.2 Å². The smallest absolute Gasteiger partial charge is 0.257 e. The lowest BCUT2D eigenvalue weighted by molar-refractivity contribution is 0.0948. The van der Waals surface area contributed by atoms with Gasteiger partial charge in [0.2, 0.25) is 0 Å². The maximum atomic E-state index is 12.5. The number of hydrogen-bond donors (Lipinski definition) is 1. The molecule has 3 rings (SSSR count). The molecular weight excluding hydrogens is 290 g/mol. The van der Waals surface area contributed by atoms with Gasteiger partial charge in [-0.05, 0) is 18.6 Å². The van der Waals surface area contributed by atoms with E-state index in [1.54, 1.807) is 13.1 Å². The molecule has 0 radical (unpaired) electrons. The third-order valence-corrected chi connectivity index (χ3v) is 3.80. The van der Waals surface area contributed by atoms with Gasteiger partial charge < -0.3 is 9.84 Å². The Morgan fingerprint density at radius 3 is 2.83 bits per heavy atom. The fourth-order valence-electron chi connectivity index (χ4n) is 2.63. The molecule has 0 atom stereocenters. The molecule has 1 N–H and O–H groups in total. The largest absolute Gasteiger partial charge is 0.360 e. The third-order valence-electron chi connectivity index (χ3n) is 3.80. The minimum Gasteiger partial charge on any atom is -0.360 e. The van der Waals surface area contributed by atoms with Crippen LogP contribution in [0.4, 0.5) is 0 Å². The number of fused-ring (bicyclic) bond motifs is 1. The molecule has 2 aromatic heterocycles. The Labute approximate surface area is 134 Å². The molecule has 0 saturated carbocycles. The molecule has 0 unspecified atom stereocenters. The number of nitrogens with one attached hydrogen (secondary N) is 1. The standard InChI is InChI=1S/C18H19N3O2/c1-11(2)17-15(12(3)21-23-17)18(22)20-10-14-7-4-6-13-8-5-9-19-16(13)14/h4-9,11H,10H2,1-3H3,(H,20,22). The lowest BCUT2D eigenvalue weighted by Gasteiger charge is -2.09. The van der Waals surface area contributed by atoms with Gasteiger partial charge in [0, 0.05) is 24.0 Å². The first-order valence-corrected chi connectivity index (χ1v) is 7.65. The van der Waals surface area contributed by atoms with Gasteiger partial charge in [0.05, 0.1) is 11.2 Å². The summed E-state index contributed by atoms with van der Waals surface area (Å²) in [6, 6.07) is 9.86. The normalized spacial score (nSPS) is 11.1. The van der Waals surface area contributed by atoms with Gasteiger partial charge in [-0.3, -0.25) is 9.78 Å². The van der Waals surface area contributed by atoms with Crippen LogP contribution in [-0.4, -0.2) is 16.0 Å². The van der Waals surface area contributed by atoms with Gasteiger partial charge in [0.15, 0.2) is 5.76 Å². The first-order valence-electron chi connectivity index (χ1n) is 7.65. The average molecular weight is 309 g/mol. The zero-order valence-electron chi connectivity index (χ0n) is 13.5. The molecule has 1 amide bonds. The van der Waals surface area contributed by atoms with Crippen molar-refractivity contribution in [3.63, 3.8) is 0 Å². The zero-order valence-corrected chi connectivity index (χ0v) is 13.5. The second-order valence-corrected chi connectivity index (χ2v) is 5.84. The Morgan fingerprint density at radius 2 is 2.04 bits per heavy atom. The number of aromatic nitrogens is 2. The molecule has 23 heavy (non-hydrogen) atoms. The van der Waals surface area contributed by atoms with Crippen molar-refractivity contribution in [3.8, 4) is 0 Å². The summed E-state index contributed by atoms with van der Waals surface area (Å²) in [6.07, 6.45) is 1.76. The number of nitrogens with zero attached hydrogens (tertiary/aromatic N) is 2. The Hall–Kier alpha value is -2.69. The molecule has 1 aromatic carbocycles. The summed E-state index contributed by atoms with van der Waals surface area (Å²) in [5.74, 6) is 0.563. The van der Waals surface area contributed by atoms with E-state index < -0.39 is 0 Å². The lowest BCUT2D eigenvalue weighted by atomic mass is 10.0. The summed E-state index contributed by atoms with van der Waals surface area (Å²) < 4.78 is 5.28. The van der Waals surface area contributed by atoms with E-state index in [9.17, 15) is 4.79 Å². The van der Waals surface area contributed by atoms with E-state index in [0.717, 1.165) is 16.5 Å². The van der Waals surface area contributed by atoms with Gasteiger partial charge in [0.1, 0.15) is 5.56 Å². The minimum atomic E-state index is -0.166. The van der Waals surface area contributed by atoms with Crippen LogP contribution >= 0.6 is 0 Å². The van der Waals surface area contributed by atoms with E-state index in [2.05, 4.69) is 15.5 Å². The van der Waals surface area contributed by atoms with Crippen molar-refractivity contribution in [2.24, 2.45) is 0 Å². The van der Waals surface area contributed by atoms with Crippen LogP contribution < -0.4 is 5.32 Å². The molecule has 0 aliphatic carbocycles. The van der Waals surface area contributed by atoms with E-state index in [0.29, 0.717) is 23.6 Å². The molecule has 5 heteroatoms. The molecule has 118 valence electrons. The van der Waals surface area contributed by atoms with Crippen LogP contribution in [0.3, 0.4) is 0 Å². The predicted octanol–water partition coefficient (Wildman–Crippen LogP) is 3.58. The quantitative estimate of drug-likeness (QED) is 0.799. The summed E-state index contributed by atoms with van der Waals surface area (Å²) in [5, 5.41) is 7.92. The highest BCUT2D eigenvalue weighted by Gasteiger charge is 2.22. The number of carbonyl (C=O) groups is 1. The summed E-state index contributed by atoms with van der Waals surface area (Å²) >= 11 is 0. The number of hydrogen-bond acceptors (Lipinski definition) is 4. The van der Waals surface area contributed by atoms with E-state index >= 15 is 0 Å². The highest BCUT2D eigenvalue weighted by molar-refractivity contribution is 5.96. The van der Waals surface area contributed by atoms with Crippen LogP contribution in [0.1, 0.15) is 47.1 Å². The fraction of sp³-hybridized carbons (Fsp3) is 0.278. The van der Waals surface area contributed by atoms with Crippen LogP contribution in [0.5, 0.6) is 0 Å². The van der Waals surface area contributed by atoms with Crippen LogP contribution in [0, 0.1) is 6.92 Å². The SMILES string of the molecule is Cc1noc(C(C)C)c1C(=O)NCc1cccc2cccnc12. The molecular formula is C18H19N3O2. The van der Waals surface area contributed by atoms with Crippen LogP contribution in [-0.2, 0) is 6.54 Å². The Morgan fingerprint density at radius 1 is 1.26 bits per heavy atom. The van der Waals surface area contributed by atoms with Crippen LogP contribution in [0.25, 0.3) is 10.9 Å². The number of para-hydroxylation sites is 1. The molecule has 0 bridgehead atoms. The fourth-order valence-corrected chi connectivity index (χ4v) is 2.63. The Balaban J connectivity index is 1.83. The summed E-state index contributed by atoms with van der Waals surface area (Å²) in [7, 11) is 0. The van der Waals surface area contributed by atoms with Gasteiger partial charge in [0.25, 0.3) is 5.91 Å². The van der Waals surface area contributed by atoms with Crippen LogP contribution in [0.15, 0.2) is 41.1 Å². The second-order valence-electron chi connectivity index (χ2n) is 5.84. The molecule has 0 aliphatic rings. The van der Waals surface area contributed by atoms with Gasteiger partial charge >= 0.3 is 0 Å². The van der Waals surface area contributed by atoms with E-state index in [1.165, 1.54) is 0 Å². The maximum Gasteiger partial charge on any atom is 0.257 e. The number of pyridine rings is 1. The summed E-state index contributed by atoms with van der Waals surface area (Å²) in [4.78, 5) is 16.9. The summed E-state index contributed by atoms with van der Waals surface area (Å²) in [5.41, 5.74) is 3.04. The number of benzene rings is 1. The minimum absolute atomic E-state index is 0.108. The molecule has 0 spiro atoms. The molecule has 3 aromatic rings. The van der Waals surface area contributed by atoms with Gasteiger partial charge in [-0.25, -0.2) is 0 Å². The predicted molar refractivity (Wildman–Crippen MR) is 88.2 cm³/mol. The molecule has 2 heterocycles. The van der Waals surface area contributed by atoms with Crippen molar-refractivity contribution < 1.29 is 9.32 Å². The molecule has 0 aliphatic heterocycles. The third kappa shape index (κ3) is 2.95. The molecule has 0 fully saturated rings. The molecule has 0 saturated heterocycles. The second kappa shape index (κ2) is 6.20. The Bertz CT molecular complexity index is 847. The van der Waals surface area contributed by atoms with E-state index in [-0.39, 0.29) is 11.8 Å². The van der Waals surface area contributed by atoms with Crippen molar-refractivity contribution in [3.05, 3.63) is 59.1 Å². The average Bonchev–Trinajstić information content (AvgIpc) is 2.94. The summed E-state index contributed by atoms with van der Waals surface area (Å²) in [6.45, 7) is 6.15. The van der Waals surface area contributed by atoms with Crippen LogP contribution in [0.2, 0.25) is 0 Å². The Kier molecular flexibility index (Phi) is 4.10. The first kappa shape index (κ1) is 15.2. The number of rotatable bonds is 4. The van der Waals surface area contributed by atoms with Gasteiger partial charge in [-0.1, -0.05) is 43.3 Å². The van der Waals surface area contributed by atoms with Crippen molar-refractivity contribution in [1.29, 1.82) is 0 Å².